The molecule has 1 fully saturated rings. The quantitative estimate of drug-likeness (QED) is 0.910. The summed E-state index contributed by atoms with van der Waals surface area (Å²) in [6, 6.07) is 6.80. The number of carbonyl (C=O) groups is 1. The summed E-state index contributed by atoms with van der Waals surface area (Å²) >= 11 is 0. The van der Waals surface area contributed by atoms with E-state index in [2.05, 4.69) is 29.4 Å². The van der Waals surface area contributed by atoms with Crippen LogP contribution in [0.1, 0.15) is 32.8 Å². The highest BCUT2D eigenvalue weighted by Gasteiger charge is 2.29. The van der Waals surface area contributed by atoms with Gasteiger partial charge in [0.05, 0.1) is 5.69 Å². The lowest BCUT2D eigenvalue weighted by molar-refractivity contribution is 0.0584. The predicted octanol–water partition coefficient (Wildman–Crippen LogP) is 3.10. The molecule has 2 aliphatic rings. The summed E-state index contributed by atoms with van der Waals surface area (Å²) in [7, 11) is 2.16. The molecule has 0 aromatic heterocycles. The van der Waals surface area contributed by atoms with Crippen molar-refractivity contribution in [2.24, 2.45) is 0 Å². The molecule has 1 aromatic carbocycles. The van der Waals surface area contributed by atoms with Crippen molar-refractivity contribution in [3.05, 3.63) is 23.8 Å². The largest absolute Gasteiger partial charge is 0.443 e. The van der Waals surface area contributed by atoms with E-state index in [-0.39, 0.29) is 6.09 Å². The van der Waals surface area contributed by atoms with Crippen LogP contribution in [-0.2, 0) is 11.2 Å². The van der Waals surface area contributed by atoms with Crippen molar-refractivity contribution >= 4 is 17.5 Å². The third kappa shape index (κ3) is 3.78. The van der Waals surface area contributed by atoms with E-state index in [0.29, 0.717) is 12.6 Å². The molecule has 1 N–H and O–H groups in total. The number of carbonyl (C=O) groups excluding carboxylic acids is 1. The van der Waals surface area contributed by atoms with Crippen molar-refractivity contribution in [2.75, 3.05) is 36.9 Å². The molecule has 1 saturated heterocycles. The average molecular weight is 317 g/mol. The maximum Gasteiger partial charge on any atom is 0.414 e. The average Bonchev–Trinajstić information content (AvgIpc) is 3.03. The Labute approximate surface area is 138 Å². The van der Waals surface area contributed by atoms with Crippen LogP contribution in [0.4, 0.5) is 16.2 Å². The van der Waals surface area contributed by atoms with Gasteiger partial charge in [0.25, 0.3) is 0 Å². The summed E-state index contributed by atoms with van der Waals surface area (Å²) in [5.74, 6) is 0. The highest BCUT2D eigenvalue weighted by molar-refractivity contribution is 5.91. The van der Waals surface area contributed by atoms with Gasteiger partial charge in [-0.25, -0.2) is 4.79 Å². The minimum atomic E-state index is -0.462. The molecule has 1 aromatic rings. The second kappa shape index (κ2) is 6.04. The van der Waals surface area contributed by atoms with E-state index in [4.69, 9.17) is 4.74 Å². The highest BCUT2D eigenvalue weighted by atomic mass is 16.6. The number of likely N-dealkylation sites (tertiary alicyclic amines) is 1. The van der Waals surface area contributed by atoms with Crippen molar-refractivity contribution < 1.29 is 9.53 Å². The zero-order valence-corrected chi connectivity index (χ0v) is 14.6. The van der Waals surface area contributed by atoms with E-state index in [1.54, 1.807) is 4.90 Å². The van der Waals surface area contributed by atoms with Gasteiger partial charge in [0.1, 0.15) is 5.60 Å². The third-order valence-electron chi connectivity index (χ3n) is 4.35. The standard InChI is InChI=1S/C18H27N3O2/c1-18(2,3)23-17(22)21-10-7-13-11-14(5-6-16(13)21)19-15-8-9-20(4)12-15/h5-6,11,15,19H,7-10,12H2,1-4H3. The fourth-order valence-corrected chi connectivity index (χ4v) is 3.29. The summed E-state index contributed by atoms with van der Waals surface area (Å²) < 4.78 is 5.49. The molecule has 1 amide bonds. The number of amides is 1. The zero-order chi connectivity index (χ0) is 16.6. The van der Waals surface area contributed by atoms with Gasteiger partial charge in [-0.3, -0.25) is 4.90 Å². The Bertz CT molecular complexity index is 594. The van der Waals surface area contributed by atoms with E-state index in [1.807, 2.05) is 26.8 Å². The summed E-state index contributed by atoms with van der Waals surface area (Å²) in [5, 5.41) is 3.61. The second-order valence-electron chi connectivity index (χ2n) is 7.62. The number of hydrogen-bond acceptors (Lipinski definition) is 4. The summed E-state index contributed by atoms with van der Waals surface area (Å²) in [6.07, 6.45) is 1.81. The van der Waals surface area contributed by atoms with Crippen molar-refractivity contribution in [1.29, 1.82) is 0 Å². The second-order valence-corrected chi connectivity index (χ2v) is 7.62. The molecular formula is C18H27N3O2. The number of anilines is 2. The topological polar surface area (TPSA) is 44.8 Å². The van der Waals surface area contributed by atoms with Crippen LogP contribution in [0.2, 0.25) is 0 Å². The van der Waals surface area contributed by atoms with Crippen LogP contribution in [-0.4, -0.2) is 49.3 Å². The number of nitrogens with zero attached hydrogens (tertiary/aromatic N) is 2. The van der Waals surface area contributed by atoms with Crippen LogP contribution in [0.3, 0.4) is 0 Å². The monoisotopic (exact) mass is 317 g/mol. The van der Waals surface area contributed by atoms with Crippen LogP contribution < -0.4 is 10.2 Å². The van der Waals surface area contributed by atoms with Gasteiger partial charge in [0.2, 0.25) is 0 Å². The van der Waals surface area contributed by atoms with Gasteiger partial charge < -0.3 is 15.0 Å². The number of nitrogens with one attached hydrogen (secondary N) is 1. The number of benzene rings is 1. The van der Waals surface area contributed by atoms with Gasteiger partial charge in [0, 0.05) is 24.8 Å². The van der Waals surface area contributed by atoms with Crippen molar-refractivity contribution in [3.63, 3.8) is 0 Å². The molecule has 0 bridgehead atoms. The zero-order valence-electron chi connectivity index (χ0n) is 14.6. The molecule has 0 radical (unpaired) electrons. The Kier molecular flexibility index (Phi) is 4.23. The smallest absolute Gasteiger partial charge is 0.414 e. The fourth-order valence-electron chi connectivity index (χ4n) is 3.29. The maximum absolute atomic E-state index is 12.3. The van der Waals surface area contributed by atoms with Crippen LogP contribution in [0.25, 0.3) is 0 Å². The van der Waals surface area contributed by atoms with Crippen molar-refractivity contribution in [3.8, 4) is 0 Å². The molecule has 5 heteroatoms. The molecule has 0 aliphatic carbocycles. The highest BCUT2D eigenvalue weighted by Crippen LogP contribution is 2.32. The third-order valence-corrected chi connectivity index (χ3v) is 4.35. The first-order valence-electron chi connectivity index (χ1n) is 8.40. The SMILES string of the molecule is CN1CCC(Nc2ccc3c(c2)CCN3C(=O)OC(C)(C)C)C1. The number of ether oxygens (including phenoxy) is 1. The molecule has 2 heterocycles. The minimum absolute atomic E-state index is 0.255. The van der Waals surface area contributed by atoms with Gasteiger partial charge >= 0.3 is 6.09 Å². The van der Waals surface area contributed by atoms with E-state index >= 15 is 0 Å². The molecule has 2 aliphatic heterocycles. The Hall–Kier alpha value is -1.75. The number of rotatable bonds is 2. The van der Waals surface area contributed by atoms with Crippen LogP contribution in [0.5, 0.6) is 0 Å². The maximum atomic E-state index is 12.3. The first-order chi connectivity index (χ1) is 10.8. The predicted molar refractivity (Wildman–Crippen MR) is 93.3 cm³/mol. The molecule has 1 unspecified atom stereocenters. The number of likely N-dealkylation sites (N-methyl/N-ethyl adjacent to an activating group) is 1. The number of fused-ring (bicyclic) bond motifs is 1. The van der Waals surface area contributed by atoms with E-state index < -0.39 is 5.60 Å². The minimum Gasteiger partial charge on any atom is -0.443 e. The normalized spacial score (nSPS) is 21.4. The summed E-state index contributed by atoms with van der Waals surface area (Å²) in [5.41, 5.74) is 2.88. The van der Waals surface area contributed by atoms with E-state index in [0.717, 1.165) is 30.9 Å². The number of hydrogen-bond donors (Lipinski definition) is 1. The molecule has 0 spiro atoms. The van der Waals surface area contributed by atoms with Gasteiger partial charge in [-0.2, -0.15) is 0 Å². The fraction of sp³-hybridized carbons (Fsp3) is 0.611. The lowest BCUT2D eigenvalue weighted by Gasteiger charge is -2.25. The van der Waals surface area contributed by atoms with E-state index in [1.165, 1.54) is 12.0 Å². The van der Waals surface area contributed by atoms with Crippen molar-refractivity contribution in [2.45, 2.75) is 45.3 Å². The van der Waals surface area contributed by atoms with Crippen LogP contribution in [0.15, 0.2) is 18.2 Å². The lowest BCUT2D eigenvalue weighted by Crippen LogP contribution is -2.35. The molecule has 0 saturated carbocycles. The molecule has 1 atom stereocenters. The van der Waals surface area contributed by atoms with E-state index in [9.17, 15) is 4.79 Å². The summed E-state index contributed by atoms with van der Waals surface area (Å²) in [6.45, 7) is 8.62. The van der Waals surface area contributed by atoms with Crippen LogP contribution >= 0.6 is 0 Å². The van der Waals surface area contributed by atoms with Crippen molar-refractivity contribution in [1.82, 2.24) is 4.90 Å². The Morgan fingerprint density at radius 3 is 2.74 bits per heavy atom. The lowest BCUT2D eigenvalue weighted by atomic mass is 10.1. The van der Waals surface area contributed by atoms with Gasteiger partial charge in [-0.15, -0.1) is 0 Å². The molecule has 23 heavy (non-hydrogen) atoms. The first kappa shape index (κ1) is 16.1. The summed E-state index contributed by atoms with van der Waals surface area (Å²) in [4.78, 5) is 16.4. The Balaban J connectivity index is 1.69. The molecule has 5 nitrogen and oxygen atoms in total. The first-order valence-corrected chi connectivity index (χ1v) is 8.40. The Morgan fingerprint density at radius 1 is 1.30 bits per heavy atom. The molecular weight excluding hydrogens is 290 g/mol. The van der Waals surface area contributed by atoms with Gasteiger partial charge in [-0.05, 0) is 71.0 Å². The van der Waals surface area contributed by atoms with Gasteiger partial charge in [0.15, 0.2) is 0 Å². The Morgan fingerprint density at radius 2 is 2.09 bits per heavy atom. The van der Waals surface area contributed by atoms with Crippen LogP contribution in [0, 0.1) is 0 Å². The molecule has 126 valence electrons. The molecule has 3 rings (SSSR count). The van der Waals surface area contributed by atoms with Gasteiger partial charge in [-0.1, -0.05) is 0 Å².